The Morgan fingerprint density at radius 3 is 2.71 bits per heavy atom. The van der Waals surface area contributed by atoms with E-state index in [2.05, 4.69) is 16.9 Å². The number of hydrogen-bond acceptors (Lipinski definition) is 4. The molecule has 2 heterocycles. The van der Waals surface area contributed by atoms with E-state index in [9.17, 15) is 4.79 Å². The summed E-state index contributed by atoms with van der Waals surface area (Å²) < 4.78 is 0. The van der Waals surface area contributed by atoms with Gasteiger partial charge in [0, 0.05) is 26.2 Å². The van der Waals surface area contributed by atoms with Crippen molar-refractivity contribution in [2.24, 2.45) is 0 Å². The zero-order valence-corrected chi connectivity index (χ0v) is 10.1. The van der Waals surface area contributed by atoms with Crippen LogP contribution in [-0.2, 0) is 11.2 Å². The topological polar surface area (TPSA) is 62.5 Å². The van der Waals surface area contributed by atoms with E-state index < -0.39 is 0 Å². The van der Waals surface area contributed by atoms with Crippen molar-refractivity contribution in [2.75, 3.05) is 39.0 Å². The Hall–Kier alpha value is -1.62. The van der Waals surface area contributed by atoms with Gasteiger partial charge in [-0.05, 0) is 19.2 Å². The summed E-state index contributed by atoms with van der Waals surface area (Å²) in [6, 6.07) is 5.39. The molecule has 0 radical (unpaired) electrons. The van der Waals surface area contributed by atoms with E-state index in [1.54, 1.807) is 6.07 Å². The van der Waals surface area contributed by atoms with Crippen LogP contribution >= 0.6 is 0 Å². The van der Waals surface area contributed by atoms with Gasteiger partial charge in [0.1, 0.15) is 5.82 Å². The summed E-state index contributed by atoms with van der Waals surface area (Å²) in [7, 11) is 2.07. The lowest BCUT2D eigenvalue weighted by Crippen LogP contribution is -2.47. The zero-order valence-electron chi connectivity index (χ0n) is 10.1. The molecule has 2 N–H and O–H groups in total. The van der Waals surface area contributed by atoms with Crippen LogP contribution in [0.25, 0.3) is 0 Å². The minimum Gasteiger partial charge on any atom is -0.384 e. The SMILES string of the molecule is CN1CCN(C(=O)Cc2cccc(N)n2)CC1. The first-order valence-electron chi connectivity index (χ1n) is 5.83. The van der Waals surface area contributed by atoms with E-state index in [0.717, 1.165) is 31.9 Å². The van der Waals surface area contributed by atoms with E-state index in [-0.39, 0.29) is 5.91 Å². The zero-order chi connectivity index (χ0) is 12.3. The van der Waals surface area contributed by atoms with Crippen molar-refractivity contribution in [3.05, 3.63) is 23.9 Å². The minimum atomic E-state index is 0.135. The summed E-state index contributed by atoms with van der Waals surface area (Å²) in [5.41, 5.74) is 6.33. The maximum absolute atomic E-state index is 12.0. The molecule has 1 fully saturated rings. The highest BCUT2D eigenvalue weighted by Crippen LogP contribution is 2.06. The number of nitrogen functional groups attached to an aromatic ring is 1. The van der Waals surface area contributed by atoms with Gasteiger partial charge in [0.15, 0.2) is 0 Å². The van der Waals surface area contributed by atoms with Gasteiger partial charge in [0.25, 0.3) is 0 Å². The number of amides is 1. The van der Waals surface area contributed by atoms with Gasteiger partial charge in [0.05, 0.1) is 12.1 Å². The number of anilines is 1. The van der Waals surface area contributed by atoms with Crippen LogP contribution in [0.5, 0.6) is 0 Å². The number of nitrogens with two attached hydrogens (primary N) is 1. The van der Waals surface area contributed by atoms with Crippen LogP contribution in [0, 0.1) is 0 Å². The van der Waals surface area contributed by atoms with Crippen LogP contribution in [0.15, 0.2) is 18.2 Å². The summed E-state index contributed by atoms with van der Waals surface area (Å²) in [5.74, 6) is 0.602. The van der Waals surface area contributed by atoms with Crippen molar-refractivity contribution in [3.63, 3.8) is 0 Å². The smallest absolute Gasteiger partial charge is 0.228 e. The summed E-state index contributed by atoms with van der Waals surface area (Å²) >= 11 is 0. The molecule has 1 aromatic rings. The van der Waals surface area contributed by atoms with Crippen LogP contribution in [-0.4, -0.2) is 53.9 Å². The number of likely N-dealkylation sites (N-methyl/N-ethyl adjacent to an activating group) is 1. The average molecular weight is 234 g/mol. The summed E-state index contributed by atoms with van der Waals surface area (Å²) in [6.07, 6.45) is 0.342. The van der Waals surface area contributed by atoms with Gasteiger partial charge < -0.3 is 15.5 Å². The van der Waals surface area contributed by atoms with Crippen molar-refractivity contribution in [3.8, 4) is 0 Å². The number of nitrogens with zero attached hydrogens (tertiary/aromatic N) is 3. The number of rotatable bonds is 2. The summed E-state index contributed by atoms with van der Waals surface area (Å²) in [5, 5.41) is 0. The minimum absolute atomic E-state index is 0.135. The summed E-state index contributed by atoms with van der Waals surface area (Å²) in [6.45, 7) is 3.49. The number of carbonyl (C=O) groups excluding carboxylic acids is 1. The first kappa shape index (κ1) is 11.9. The highest BCUT2D eigenvalue weighted by molar-refractivity contribution is 5.78. The van der Waals surface area contributed by atoms with Crippen molar-refractivity contribution in [2.45, 2.75) is 6.42 Å². The Labute approximate surface area is 101 Å². The lowest BCUT2D eigenvalue weighted by Gasteiger charge is -2.32. The third-order valence-electron chi connectivity index (χ3n) is 3.02. The van der Waals surface area contributed by atoms with Gasteiger partial charge in [-0.3, -0.25) is 4.79 Å². The fraction of sp³-hybridized carbons (Fsp3) is 0.500. The van der Waals surface area contributed by atoms with Gasteiger partial charge in [-0.2, -0.15) is 0 Å². The molecular weight excluding hydrogens is 216 g/mol. The molecule has 0 atom stereocenters. The molecule has 0 aromatic carbocycles. The molecule has 5 nitrogen and oxygen atoms in total. The Kier molecular flexibility index (Phi) is 3.58. The molecule has 0 unspecified atom stereocenters. The molecule has 1 aliphatic rings. The molecule has 17 heavy (non-hydrogen) atoms. The highest BCUT2D eigenvalue weighted by atomic mass is 16.2. The first-order valence-corrected chi connectivity index (χ1v) is 5.83. The molecular formula is C12H18N4O. The van der Waals surface area contributed by atoms with E-state index in [0.29, 0.717) is 12.2 Å². The van der Waals surface area contributed by atoms with Crippen LogP contribution < -0.4 is 5.73 Å². The van der Waals surface area contributed by atoms with Crippen LogP contribution in [0.3, 0.4) is 0 Å². The molecule has 5 heteroatoms. The second-order valence-electron chi connectivity index (χ2n) is 4.41. The van der Waals surface area contributed by atoms with E-state index in [4.69, 9.17) is 5.73 Å². The highest BCUT2D eigenvalue weighted by Gasteiger charge is 2.19. The van der Waals surface area contributed by atoms with Crippen LogP contribution in [0.4, 0.5) is 5.82 Å². The molecule has 92 valence electrons. The Morgan fingerprint density at radius 1 is 1.35 bits per heavy atom. The molecule has 0 saturated carbocycles. The predicted octanol–water partition coefficient (Wildman–Crippen LogP) is -0.0197. The van der Waals surface area contributed by atoms with Gasteiger partial charge in [-0.1, -0.05) is 6.07 Å². The third kappa shape index (κ3) is 3.17. The lowest BCUT2D eigenvalue weighted by atomic mass is 10.2. The summed E-state index contributed by atoms with van der Waals surface area (Å²) in [4.78, 5) is 20.3. The van der Waals surface area contributed by atoms with E-state index in [1.165, 1.54) is 0 Å². The van der Waals surface area contributed by atoms with Gasteiger partial charge in [0.2, 0.25) is 5.91 Å². The molecule has 1 aliphatic heterocycles. The number of hydrogen-bond donors (Lipinski definition) is 1. The fourth-order valence-corrected chi connectivity index (χ4v) is 1.92. The molecule has 0 spiro atoms. The normalized spacial score (nSPS) is 17.1. The molecule has 1 amide bonds. The third-order valence-corrected chi connectivity index (χ3v) is 3.02. The van der Waals surface area contributed by atoms with E-state index in [1.807, 2.05) is 17.0 Å². The monoisotopic (exact) mass is 234 g/mol. The first-order chi connectivity index (χ1) is 8.15. The van der Waals surface area contributed by atoms with Gasteiger partial charge >= 0.3 is 0 Å². The van der Waals surface area contributed by atoms with Crippen molar-refractivity contribution in [1.29, 1.82) is 0 Å². The second-order valence-corrected chi connectivity index (χ2v) is 4.41. The molecule has 0 aliphatic carbocycles. The molecule has 1 saturated heterocycles. The Balaban J connectivity index is 1.93. The fourth-order valence-electron chi connectivity index (χ4n) is 1.92. The molecule has 1 aromatic heterocycles. The maximum Gasteiger partial charge on any atom is 0.228 e. The quantitative estimate of drug-likeness (QED) is 0.781. The van der Waals surface area contributed by atoms with Crippen LogP contribution in [0.2, 0.25) is 0 Å². The molecule has 0 bridgehead atoms. The van der Waals surface area contributed by atoms with E-state index >= 15 is 0 Å². The van der Waals surface area contributed by atoms with Crippen molar-refractivity contribution >= 4 is 11.7 Å². The number of aromatic nitrogens is 1. The standard InChI is InChI=1S/C12H18N4O/c1-15-5-7-16(8-6-15)12(17)9-10-3-2-4-11(13)14-10/h2-4H,5-9H2,1H3,(H2,13,14). The average Bonchev–Trinajstić information content (AvgIpc) is 2.29. The van der Waals surface area contributed by atoms with Crippen molar-refractivity contribution < 1.29 is 4.79 Å². The predicted molar refractivity (Wildman–Crippen MR) is 66.4 cm³/mol. The number of piperazine rings is 1. The van der Waals surface area contributed by atoms with Crippen molar-refractivity contribution in [1.82, 2.24) is 14.8 Å². The Morgan fingerprint density at radius 2 is 2.06 bits per heavy atom. The number of carbonyl (C=O) groups is 1. The largest absolute Gasteiger partial charge is 0.384 e. The van der Waals surface area contributed by atoms with Gasteiger partial charge in [-0.15, -0.1) is 0 Å². The Bertz CT molecular complexity index is 399. The second kappa shape index (κ2) is 5.14. The maximum atomic E-state index is 12.0. The van der Waals surface area contributed by atoms with Crippen LogP contribution in [0.1, 0.15) is 5.69 Å². The number of pyridine rings is 1. The molecule has 2 rings (SSSR count). The van der Waals surface area contributed by atoms with Gasteiger partial charge in [-0.25, -0.2) is 4.98 Å². The lowest BCUT2D eigenvalue weighted by molar-refractivity contribution is -0.132.